The summed E-state index contributed by atoms with van der Waals surface area (Å²) in [6, 6.07) is 37.5. The molecule has 0 spiro atoms. The maximum atomic E-state index is 14.7. The highest BCUT2D eigenvalue weighted by molar-refractivity contribution is 7.78. The van der Waals surface area contributed by atoms with Gasteiger partial charge < -0.3 is 14.6 Å². The second kappa shape index (κ2) is 9.68. The average Bonchev–Trinajstić information content (AvgIpc) is 2.85. The van der Waals surface area contributed by atoms with Gasteiger partial charge in [0.2, 0.25) is 0 Å². The van der Waals surface area contributed by atoms with E-state index in [9.17, 15) is 4.57 Å². The Labute approximate surface area is 184 Å². The fraction of sp³-hybridized carbons (Fsp3) is 0.111. The van der Waals surface area contributed by atoms with Crippen LogP contribution in [0.3, 0.4) is 0 Å². The Kier molecular flexibility index (Phi) is 6.54. The largest absolute Gasteiger partial charge is 0.497 e. The Morgan fingerprint density at radius 1 is 0.742 bits per heavy atom. The molecule has 1 unspecified atom stereocenters. The number of rotatable bonds is 8. The number of nitrogens with one attached hydrogen (secondary N) is 1. The lowest BCUT2D eigenvalue weighted by atomic mass is 10.1. The topological polar surface area (TPSA) is 38.3 Å². The summed E-state index contributed by atoms with van der Waals surface area (Å²) in [6.07, 6.45) is 0.448. The molecule has 0 bridgehead atoms. The Morgan fingerprint density at radius 2 is 1.29 bits per heavy atom. The molecule has 4 rings (SSSR count). The molecule has 4 heteroatoms. The molecule has 0 aliphatic rings. The molecule has 0 aliphatic carbocycles. The second-order valence-electron chi connectivity index (χ2n) is 7.43. The predicted molar refractivity (Wildman–Crippen MR) is 130 cm³/mol. The third-order valence-electron chi connectivity index (χ3n) is 5.40. The number of hydrogen-bond acceptors (Lipinski definition) is 3. The van der Waals surface area contributed by atoms with E-state index >= 15 is 0 Å². The molecule has 0 saturated carbocycles. The molecule has 31 heavy (non-hydrogen) atoms. The first-order valence-corrected chi connectivity index (χ1v) is 12.2. The van der Waals surface area contributed by atoms with Gasteiger partial charge in [0.05, 0.1) is 13.2 Å². The molecule has 0 amide bonds. The Morgan fingerprint density at radius 3 is 1.84 bits per heavy atom. The molecule has 0 saturated heterocycles. The molecule has 3 nitrogen and oxygen atoms in total. The minimum absolute atomic E-state index is 0.163. The van der Waals surface area contributed by atoms with E-state index in [0.717, 1.165) is 27.6 Å². The zero-order chi connectivity index (χ0) is 21.5. The highest BCUT2D eigenvalue weighted by Crippen LogP contribution is 2.47. The maximum Gasteiger partial charge on any atom is 0.145 e. The van der Waals surface area contributed by atoms with Gasteiger partial charge in [0, 0.05) is 22.5 Å². The van der Waals surface area contributed by atoms with Crippen molar-refractivity contribution in [2.45, 2.75) is 6.04 Å². The number of methoxy groups -OCH3 is 1. The van der Waals surface area contributed by atoms with E-state index in [0.29, 0.717) is 6.16 Å². The minimum atomic E-state index is -2.91. The van der Waals surface area contributed by atoms with Gasteiger partial charge in [-0.25, -0.2) is 0 Å². The Hall–Kier alpha value is -3.29. The molecule has 0 aliphatic heterocycles. The monoisotopic (exact) mass is 427 g/mol. The van der Waals surface area contributed by atoms with Crippen LogP contribution >= 0.6 is 7.14 Å². The molecule has 4 aromatic carbocycles. The first kappa shape index (κ1) is 21.0. The molecule has 0 aromatic heterocycles. The molecule has 1 atom stereocenters. The van der Waals surface area contributed by atoms with Gasteiger partial charge in [-0.2, -0.15) is 0 Å². The minimum Gasteiger partial charge on any atom is -0.497 e. The summed E-state index contributed by atoms with van der Waals surface area (Å²) >= 11 is 0. The summed E-state index contributed by atoms with van der Waals surface area (Å²) in [6.45, 7) is 0. The third kappa shape index (κ3) is 4.90. The first-order chi connectivity index (χ1) is 15.2. The van der Waals surface area contributed by atoms with E-state index in [1.165, 1.54) is 0 Å². The molecule has 0 radical (unpaired) electrons. The molecule has 1 N–H and O–H groups in total. The van der Waals surface area contributed by atoms with Crippen LogP contribution in [-0.2, 0) is 4.57 Å². The van der Waals surface area contributed by atoms with Crippen LogP contribution in [0.2, 0.25) is 0 Å². The lowest BCUT2D eigenvalue weighted by molar-refractivity contribution is 0.414. The van der Waals surface area contributed by atoms with Gasteiger partial charge in [-0.1, -0.05) is 91.0 Å². The molecular formula is C27H26NO2P. The van der Waals surface area contributed by atoms with Gasteiger partial charge in [0.15, 0.2) is 0 Å². The normalized spacial score (nSPS) is 12.2. The molecule has 0 fully saturated rings. The zero-order valence-corrected chi connectivity index (χ0v) is 18.4. The SMILES string of the molecule is COc1cccc(C(CP(=O)(c2ccccc2)c2ccccc2)Nc2ccccc2)c1. The molecular weight excluding hydrogens is 401 g/mol. The fourth-order valence-electron chi connectivity index (χ4n) is 3.78. The van der Waals surface area contributed by atoms with Gasteiger partial charge in [0.1, 0.15) is 12.9 Å². The van der Waals surface area contributed by atoms with Crippen LogP contribution < -0.4 is 20.7 Å². The smallest absolute Gasteiger partial charge is 0.145 e. The van der Waals surface area contributed by atoms with E-state index in [1.807, 2.05) is 109 Å². The van der Waals surface area contributed by atoms with Crippen molar-refractivity contribution >= 4 is 23.4 Å². The third-order valence-corrected chi connectivity index (χ3v) is 8.54. The van der Waals surface area contributed by atoms with Crippen molar-refractivity contribution in [3.63, 3.8) is 0 Å². The number of benzene rings is 4. The standard InChI is InChI=1S/C27H26NO2P/c1-30-24-15-11-12-22(20-24)27(28-23-13-5-2-6-14-23)21-31(29,25-16-7-3-8-17-25)26-18-9-4-10-19-26/h2-20,27-28H,21H2,1H3. The van der Waals surface area contributed by atoms with Crippen LogP contribution in [0.25, 0.3) is 0 Å². The van der Waals surface area contributed by atoms with Crippen LogP contribution in [0.4, 0.5) is 5.69 Å². The average molecular weight is 427 g/mol. The zero-order valence-electron chi connectivity index (χ0n) is 17.5. The van der Waals surface area contributed by atoms with Crippen LogP contribution in [-0.4, -0.2) is 13.3 Å². The van der Waals surface area contributed by atoms with Gasteiger partial charge in [0.25, 0.3) is 0 Å². The predicted octanol–water partition coefficient (Wildman–Crippen LogP) is 5.86. The lowest BCUT2D eigenvalue weighted by Crippen LogP contribution is -2.25. The summed E-state index contributed by atoms with van der Waals surface area (Å²) in [7, 11) is -1.25. The van der Waals surface area contributed by atoms with Crippen molar-refractivity contribution in [1.82, 2.24) is 0 Å². The summed E-state index contributed by atoms with van der Waals surface area (Å²) in [5, 5.41) is 5.34. The van der Waals surface area contributed by atoms with Gasteiger partial charge in [-0.3, -0.25) is 0 Å². The summed E-state index contributed by atoms with van der Waals surface area (Å²) in [5.74, 6) is 0.784. The van der Waals surface area contributed by atoms with E-state index in [-0.39, 0.29) is 6.04 Å². The van der Waals surface area contributed by atoms with Crippen molar-refractivity contribution in [3.05, 3.63) is 121 Å². The van der Waals surface area contributed by atoms with Crippen LogP contribution in [0, 0.1) is 0 Å². The highest BCUT2D eigenvalue weighted by Gasteiger charge is 2.31. The summed E-state index contributed by atoms with van der Waals surface area (Å²) in [5.41, 5.74) is 2.03. The quantitative estimate of drug-likeness (QED) is 0.358. The van der Waals surface area contributed by atoms with E-state index in [2.05, 4.69) is 11.4 Å². The second-order valence-corrected chi connectivity index (χ2v) is 10.3. The van der Waals surface area contributed by atoms with Gasteiger partial charge >= 0.3 is 0 Å². The van der Waals surface area contributed by atoms with Gasteiger partial charge in [-0.15, -0.1) is 0 Å². The van der Waals surface area contributed by atoms with Crippen molar-refractivity contribution in [3.8, 4) is 5.75 Å². The van der Waals surface area contributed by atoms with E-state index < -0.39 is 7.14 Å². The lowest BCUT2D eigenvalue weighted by Gasteiger charge is -2.27. The van der Waals surface area contributed by atoms with Crippen molar-refractivity contribution in [2.24, 2.45) is 0 Å². The van der Waals surface area contributed by atoms with Crippen molar-refractivity contribution in [1.29, 1.82) is 0 Å². The molecule has 0 heterocycles. The molecule has 156 valence electrons. The Bertz CT molecular complexity index is 1100. The number of ether oxygens (including phenoxy) is 1. The van der Waals surface area contributed by atoms with Crippen molar-refractivity contribution in [2.75, 3.05) is 18.6 Å². The summed E-state index contributed by atoms with van der Waals surface area (Å²) < 4.78 is 20.1. The van der Waals surface area contributed by atoms with Gasteiger partial charge in [-0.05, 0) is 29.8 Å². The van der Waals surface area contributed by atoms with Crippen molar-refractivity contribution < 1.29 is 9.30 Å². The summed E-state index contributed by atoms with van der Waals surface area (Å²) in [4.78, 5) is 0. The van der Waals surface area contributed by atoms with Crippen LogP contribution in [0.5, 0.6) is 5.75 Å². The number of anilines is 1. The fourth-order valence-corrected chi connectivity index (χ4v) is 6.63. The van der Waals surface area contributed by atoms with E-state index in [4.69, 9.17) is 4.74 Å². The maximum absolute atomic E-state index is 14.7. The first-order valence-electron chi connectivity index (χ1n) is 10.3. The van der Waals surface area contributed by atoms with E-state index in [1.54, 1.807) is 7.11 Å². The molecule has 4 aromatic rings. The number of hydrogen-bond donors (Lipinski definition) is 1. The van der Waals surface area contributed by atoms with Crippen LogP contribution in [0.15, 0.2) is 115 Å². The highest BCUT2D eigenvalue weighted by atomic mass is 31.2. The van der Waals surface area contributed by atoms with Crippen LogP contribution in [0.1, 0.15) is 11.6 Å². The number of para-hydroxylation sites is 1. The Balaban J connectivity index is 1.79.